The summed E-state index contributed by atoms with van der Waals surface area (Å²) in [6.07, 6.45) is 1.54. The minimum atomic E-state index is -2.98. The van der Waals surface area contributed by atoms with Gasteiger partial charge < -0.3 is 0 Å². The summed E-state index contributed by atoms with van der Waals surface area (Å²) in [4.78, 5) is 3.91. The third kappa shape index (κ3) is 3.19. The highest BCUT2D eigenvalue weighted by molar-refractivity contribution is 14.1. The molecule has 1 aromatic rings. The molecule has 0 saturated carbocycles. The Bertz CT molecular complexity index is 399. The molecule has 14 heavy (non-hydrogen) atoms. The van der Waals surface area contributed by atoms with Crippen molar-refractivity contribution in [2.24, 2.45) is 0 Å². The van der Waals surface area contributed by atoms with Gasteiger partial charge in [-0.05, 0) is 13.8 Å². The maximum Gasteiger partial charge on any atom is 0.211 e. The van der Waals surface area contributed by atoms with Crippen LogP contribution >= 0.6 is 22.6 Å². The minimum Gasteiger partial charge on any atom is -0.251 e. The van der Waals surface area contributed by atoms with Gasteiger partial charge in [0.1, 0.15) is 6.33 Å². The van der Waals surface area contributed by atoms with Gasteiger partial charge in [0.2, 0.25) is 3.83 Å². The molecule has 0 amide bonds. The van der Waals surface area contributed by atoms with Crippen LogP contribution in [0.4, 0.5) is 0 Å². The first-order valence-electron chi connectivity index (χ1n) is 4.18. The van der Waals surface area contributed by atoms with Gasteiger partial charge in [-0.25, -0.2) is 13.4 Å². The van der Waals surface area contributed by atoms with Gasteiger partial charge in [0.15, 0.2) is 9.84 Å². The number of halogens is 1. The van der Waals surface area contributed by atoms with Gasteiger partial charge in [-0.2, -0.15) is 0 Å². The molecule has 7 heteroatoms. The van der Waals surface area contributed by atoms with Crippen LogP contribution in [-0.4, -0.2) is 34.2 Å². The van der Waals surface area contributed by atoms with Gasteiger partial charge in [-0.1, -0.05) is 0 Å². The van der Waals surface area contributed by atoms with Crippen LogP contribution in [-0.2, 0) is 16.4 Å². The van der Waals surface area contributed by atoms with Crippen LogP contribution in [0.3, 0.4) is 0 Å². The minimum absolute atomic E-state index is 0.115. The smallest absolute Gasteiger partial charge is 0.211 e. The number of rotatable bonds is 4. The molecule has 0 saturated heterocycles. The van der Waals surface area contributed by atoms with Crippen molar-refractivity contribution >= 4 is 32.4 Å². The Morgan fingerprint density at radius 1 is 1.57 bits per heavy atom. The highest BCUT2D eigenvalue weighted by Crippen LogP contribution is 2.02. The van der Waals surface area contributed by atoms with E-state index < -0.39 is 9.84 Å². The van der Waals surface area contributed by atoms with Crippen LogP contribution in [0.2, 0.25) is 0 Å². The molecule has 80 valence electrons. The Balaban J connectivity index is 2.57. The third-order valence-electron chi connectivity index (χ3n) is 1.83. The zero-order chi connectivity index (χ0) is 10.8. The van der Waals surface area contributed by atoms with E-state index in [-0.39, 0.29) is 11.0 Å². The number of hydrogen-bond donors (Lipinski definition) is 0. The predicted octanol–water partition coefficient (Wildman–Crippen LogP) is 0.706. The molecule has 0 spiro atoms. The first-order valence-corrected chi connectivity index (χ1v) is 6.98. The van der Waals surface area contributed by atoms with Gasteiger partial charge in [0, 0.05) is 22.6 Å². The molecule has 0 aromatic carbocycles. The number of hydrogen-bond acceptors (Lipinski definition) is 4. The molecular weight excluding hydrogens is 317 g/mol. The van der Waals surface area contributed by atoms with Crippen molar-refractivity contribution in [2.75, 3.05) is 5.75 Å². The first-order chi connectivity index (χ1) is 6.42. The van der Waals surface area contributed by atoms with E-state index in [9.17, 15) is 8.42 Å². The second kappa shape index (κ2) is 4.56. The topological polar surface area (TPSA) is 64.8 Å². The maximum absolute atomic E-state index is 11.4. The molecule has 1 heterocycles. The normalized spacial score (nSPS) is 12.3. The van der Waals surface area contributed by atoms with Crippen LogP contribution in [0.1, 0.15) is 13.8 Å². The summed E-state index contributed by atoms with van der Waals surface area (Å²) in [5, 5.41) is 3.67. The summed E-state index contributed by atoms with van der Waals surface area (Å²) in [5.74, 6) is 0.115. The molecule has 0 aliphatic heterocycles. The van der Waals surface area contributed by atoms with E-state index in [0.29, 0.717) is 10.4 Å². The van der Waals surface area contributed by atoms with Gasteiger partial charge in [-0.15, -0.1) is 5.10 Å². The van der Waals surface area contributed by atoms with Crippen molar-refractivity contribution in [3.63, 3.8) is 0 Å². The molecule has 0 aliphatic carbocycles. The Kier molecular flexibility index (Phi) is 3.87. The molecule has 0 aliphatic rings. The molecule has 5 nitrogen and oxygen atoms in total. The van der Waals surface area contributed by atoms with E-state index in [4.69, 9.17) is 0 Å². The molecule has 0 unspecified atom stereocenters. The Hall–Kier alpha value is -0.180. The van der Waals surface area contributed by atoms with Crippen molar-refractivity contribution in [3.8, 4) is 0 Å². The Morgan fingerprint density at radius 2 is 2.21 bits per heavy atom. The summed E-state index contributed by atoms with van der Waals surface area (Å²) in [6, 6.07) is 0. The van der Waals surface area contributed by atoms with Crippen molar-refractivity contribution in [3.05, 3.63) is 10.2 Å². The zero-order valence-electron chi connectivity index (χ0n) is 8.01. The van der Waals surface area contributed by atoms with Gasteiger partial charge in [-0.3, -0.25) is 4.68 Å². The number of nitrogens with zero attached hydrogens (tertiary/aromatic N) is 3. The second-order valence-electron chi connectivity index (χ2n) is 3.19. The van der Waals surface area contributed by atoms with E-state index in [1.54, 1.807) is 18.5 Å². The average Bonchev–Trinajstić information content (AvgIpc) is 2.48. The maximum atomic E-state index is 11.4. The first kappa shape index (κ1) is 11.9. The van der Waals surface area contributed by atoms with Crippen molar-refractivity contribution in [2.45, 2.75) is 25.6 Å². The third-order valence-corrected chi connectivity index (χ3v) is 4.51. The fraction of sp³-hybridized carbons (Fsp3) is 0.714. The predicted molar refractivity (Wildman–Crippen MR) is 61.7 cm³/mol. The lowest BCUT2D eigenvalue weighted by Crippen LogP contribution is -2.21. The Labute approximate surface area is 97.0 Å². The van der Waals surface area contributed by atoms with E-state index in [1.807, 2.05) is 22.6 Å². The lowest BCUT2D eigenvalue weighted by atomic mass is 10.6. The monoisotopic (exact) mass is 329 g/mol. The molecule has 1 aromatic heterocycles. The molecule has 0 radical (unpaired) electrons. The fourth-order valence-electron chi connectivity index (χ4n) is 0.836. The SMILES string of the molecule is CC(C)S(=O)(=O)CCn1cnc(I)n1. The van der Waals surface area contributed by atoms with Gasteiger partial charge in [0.25, 0.3) is 0 Å². The van der Waals surface area contributed by atoms with E-state index in [1.165, 1.54) is 6.33 Å². The van der Waals surface area contributed by atoms with Crippen molar-refractivity contribution < 1.29 is 8.42 Å². The fourth-order valence-corrected chi connectivity index (χ4v) is 2.15. The summed E-state index contributed by atoms with van der Waals surface area (Å²) in [5.41, 5.74) is 0. The lowest BCUT2D eigenvalue weighted by molar-refractivity contribution is 0.572. The van der Waals surface area contributed by atoms with E-state index in [2.05, 4.69) is 10.1 Å². The molecule has 0 atom stereocenters. The van der Waals surface area contributed by atoms with Gasteiger partial charge >= 0.3 is 0 Å². The number of aromatic nitrogens is 3. The van der Waals surface area contributed by atoms with Crippen LogP contribution in [0.25, 0.3) is 0 Å². The largest absolute Gasteiger partial charge is 0.251 e. The molecule has 0 fully saturated rings. The van der Waals surface area contributed by atoms with Gasteiger partial charge in [0.05, 0.1) is 17.5 Å². The molecule has 1 rings (SSSR count). The highest BCUT2D eigenvalue weighted by atomic mass is 127. The average molecular weight is 329 g/mol. The standard InChI is InChI=1S/C7H12IN3O2S/c1-6(2)14(12,13)4-3-11-5-9-7(8)10-11/h5-6H,3-4H2,1-2H3. The second-order valence-corrected chi connectivity index (χ2v) is 6.83. The molecule has 0 N–H and O–H groups in total. The summed E-state index contributed by atoms with van der Waals surface area (Å²) in [6.45, 7) is 3.73. The highest BCUT2D eigenvalue weighted by Gasteiger charge is 2.15. The van der Waals surface area contributed by atoms with Crippen LogP contribution < -0.4 is 0 Å². The summed E-state index contributed by atoms with van der Waals surface area (Å²) >= 11 is 1.98. The van der Waals surface area contributed by atoms with Crippen molar-refractivity contribution in [1.29, 1.82) is 0 Å². The summed E-state index contributed by atoms with van der Waals surface area (Å²) < 4.78 is 25.1. The Morgan fingerprint density at radius 3 is 2.64 bits per heavy atom. The number of sulfone groups is 1. The molecule has 0 bridgehead atoms. The zero-order valence-corrected chi connectivity index (χ0v) is 11.0. The van der Waals surface area contributed by atoms with Crippen LogP contribution in [0.15, 0.2) is 6.33 Å². The van der Waals surface area contributed by atoms with Crippen molar-refractivity contribution in [1.82, 2.24) is 14.8 Å². The number of aryl methyl sites for hydroxylation is 1. The van der Waals surface area contributed by atoms with Crippen LogP contribution in [0.5, 0.6) is 0 Å². The van der Waals surface area contributed by atoms with E-state index in [0.717, 1.165) is 0 Å². The molecular formula is C7H12IN3O2S. The summed E-state index contributed by atoms with van der Waals surface area (Å²) in [7, 11) is -2.98. The quantitative estimate of drug-likeness (QED) is 0.763. The van der Waals surface area contributed by atoms with E-state index >= 15 is 0 Å². The van der Waals surface area contributed by atoms with Crippen LogP contribution in [0, 0.1) is 3.83 Å². The lowest BCUT2D eigenvalue weighted by Gasteiger charge is -2.06.